The van der Waals surface area contributed by atoms with Crippen LogP contribution in [0, 0.1) is 6.92 Å². The summed E-state index contributed by atoms with van der Waals surface area (Å²) in [5.41, 5.74) is 2.32. The number of carbonyl (C=O) groups is 1. The number of nitrogens with zero attached hydrogens (tertiary/aromatic N) is 2. The van der Waals surface area contributed by atoms with Crippen LogP contribution in [0.4, 0.5) is 0 Å². The van der Waals surface area contributed by atoms with Gasteiger partial charge in [0.15, 0.2) is 0 Å². The molecule has 3 rings (SSSR count). The Morgan fingerprint density at radius 2 is 2.36 bits per heavy atom. The fourth-order valence-corrected chi connectivity index (χ4v) is 3.20. The number of nitrogens with one attached hydrogen (secondary N) is 1. The molecular formula is C15H17N3O3S. The number of aromatic nitrogens is 2. The van der Waals surface area contributed by atoms with Gasteiger partial charge in [0.2, 0.25) is 5.88 Å². The summed E-state index contributed by atoms with van der Waals surface area (Å²) in [7, 11) is 1.58. The van der Waals surface area contributed by atoms with Crippen LogP contribution in [0.1, 0.15) is 34.1 Å². The van der Waals surface area contributed by atoms with Crippen LogP contribution in [-0.4, -0.2) is 35.0 Å². The van der Waals surface area contributed by atoms with Crippen molar-refractivity contribution in [2.75, 3.05) is 13.7 Å². The van der Waals surface area contributed by atoms with Crippen LogP contribution >= 0.6 is 11.5 Å². The highest BCUT2D eigenvalue weighted by Gasteiger charge is 2.31. The van der Waals surface area contributed by atoms with E-state index in [9.17, 15) is 4.79 Å². The zero-order chi connectivity index (χ0) is 15.5. The van der Waals surface area contributed by atoms with E-state index in [1.807, 2.05) is 13.0 Å². The molecule has 0 saturated carbocycles. The van der Waals surface area contributed by atoms with Gasteiger partial charge in [0.05, 0.1) is 24.4 Å². The fraction of sp³-hybridized carbons (Fsp3) is 0.400. The largest absolute Gasteiger partial charge is 0.481 e. The molecule has 2 aromatic heterocycles. The van der Waals surface area contributed by atoms with Gasteiger partial charge in [-0.2, -0.15) is 4.37 Å². The molecule has 0 aliphatic carbocycles. The van der Waals surface area contributed by atoms with Crippen molar-refractivity contribution in [2.24, 2.45) is 0 Å². The maximum atomic E-state index is 12.3. The van der Waals surface area contributed by atoms with E-state index in [0.29, 0.717) is 18.1 Å². The minimum absolute atomic E-state index is 0.0676. The number of hydrogen-bond acceptors (Lipinski definition) is 6. The van der Waals surface area contributed by atoms with E-state index in [0.717, 1.165) is 17.7 Å². The maximum absolute atomic E-state index is 12.3. The van der Waals surface area contributed by atoms with Crippen LogP contribution in [-0.2, 0) is 4.74 Å². The molecule has 1 amide bonds. The number of carbonyl (C=O) groups excluding carboxylic acids is 1. The fourth-order valence-electron chi connectivity index (χ4n) is 2.50. The van der Waals surface area contributed by atoms with Gasteiger partial charge in [0, 0.05) is 29.8 Å². The lowest BCUT2D eigenvalue weighted by Crippen LogP contribution is -2.37. The van der Waals surface area contributed by atoms with Crippen molar-refractivity contribution in [2.45, 2.75) is 25.5 Å². The third kappa shape index (κ3) is 2.95. The van der Waals surface area contributed by atoms with Gasteiger partial charge in [-0.1, -0.05) is 0 Å². The second kappa shape index (κ2) is 6.41. The van der Waals surface area contributed by atoms with Crippen LogP contribution in [0.5, 0.6) is 5.88 Å². The summed E-state index contributed by atoms with van der Waals surface area (Å²) in [5, 5.41) is 4.81. The Labute approximate surface area is 132 Å². The molecule has 22 heavy (non-hydrogen) atoms. The molecule has 0 spiro atoms. The Kier molecular flexibility index (Phi) is 4.35. The van der Waals surface area contributed by atoms with Crippen LogP contribution in [0.25, 0.3) is 0 Å². The molecule has 2 atom stereocenters. The van der Waals surface area contributed by atoms with E-state index < -0.39 is 0 Å². The van der Waals surface area contributed by atoms with Gasteiger partial charge in [0.1, 0.15) is 6.10 Å². The Bertz CT molecular complexity index is 656. The topological polar surface area (TPSA) is 73.3 Å². The predicted octanol–water partition coefficient (Wildman–Crippen LogP) is 2.12. The molecule has 0 bridgehead atoms. The van der Waals surface area contributed by atoms with E-state index in [2.05, 4.69) is 14.7 Å². The van der Waals surface area contributed by atoms with Crippen molar-refractivity contribution in [3.63, 3.8) is 0 Å². The number of pyridine rings is 1. The van der Waals surface area contributed by atoms with Gasteiger partial charge < -0.3 is 14.8 Å². The molecule has 7 heteroatoms. The SMILES string of the molecule is COc1ccc([C@H]2OCC[C@@H]2NC(=O)c2csnc2C)cn1. The van der Waals surface area contributed by atoms with Crippen molar-refractivity contribution >= 4 is 17.4 Å². The molecule has 6 nitrogen and oxygen atoms in total. The third-order valence-electron chi connectivity index (χ3n) is 3.70. The first-order valence-electron chi connectivity index (χ1n) is 7.02. The summed E-state index contributed by atoms with van der Waals surface area (Å²) in [4.78, 5) is 16.5. The smallest absolute Gasteiger partial charge is 0.254 e. The van der Waals surface area contributed by atoms with Crippen LogP contribution in [0.2, 0.25) is 0 Å². The molecule has 1 fully saturated rings. The second-order valence-corrected chi connectivity index (χ2v) is 5.74. The summed E-state index contributed by atoms with van der Waals surface area (Å²) in [6.45, 7) is 2.45. The Hall–Kier alpha value is -1.99. The van der Waals surface area contributed by atoms with E-state index >= 15 is 0 Å². The molecule has 3 heterocycles. The van der Waals surface area contributed by atoms with E-state index in [-0.39, 0.29) is 18.1 Å². The lowest BCUT2D eigenvalue weighted by atomic mass is 10.0. The Morgan fingerprint density at radius 1 is 1.50 bits per heavy atom. The van der Waals surface area contributed by atoms with Gasteiger partial charge in [-0.05, 0) is 30.9 Å². The quantitative estimate of drug-likeness (QED) is 0.934. The van der Waals surface area contributed by atoms with E-state index in [4.69, 9.17) is 9.47 Å². The molecule has 1 N–H and O–H groups in total. The lowest BCUT2D eigenvalue weighted by Gasteiger charge is -2.20. The van der Waals surface area contributed by atoms with Crippen molar-refractivity contribution in [3.8, 4) is 5.88 Å². The van der Waals surface area contributed by atoms with Gasteiger partial charge in [-0.25, -0.2) is 4.98 Å². The molecular weight excluding hydrogens is 302 g/mol. The number of aryl methyl sites for hydroxylation is 1. The summed E-state index contributed by atoms with van der Waals surface area (Å²) in [5.74, 6) is 0.454. The molecule has 116 valence electrons. The van der Waals surface area contributed by atoms with Crippen molar-refractivity contribution in [1.82, 2.24) is 14.7 Å². The first-order chi connectivity index (χ1) is 10.7. The van der Waals surface area contributed by atoms with Gasteiger partial charge in [-0.15, -0.1) is 0 Å². The predicted molar refractivity (Wildman–Crippen MR) is 82.2 cm³/mol. The summed E-state index contributed by atoms with van der Waals surface area (Å²) in [6, 6.07) is 3.64. The average Bonchev–Trinajstić information content (AvgIpc) is 3.16. The highest BCUT2D eigenvalue weighted by molar-refractivity contribution is 7.03. The minimum atomic E-state index is -0.186. The standard InChI is InChI=1S/C15H17N3O3S/c1-9-11(8-22-18-9)15(19)17-12-5-6-21-14(12)10-3-4-13(20-2)16-7-10/h3-4,7-8,12,14H,5-6H2,1-2H3,(H,17,19)/t12-,14+/m0/s1. The van der Waals surface area contributed by atoms with Crippen molar-refractivity contribution in [1.29, 1.82) is 0 Å². The Morgan fingerprint density at radius 3 is 3.00 bits per heavy atom. The summed E-state index contributed by atoms with van der Waals surface area (Å²) in [6.07, 6.45) is 2.32. The maximum Gasteiger partial charge on any atom is 0.254 e. The second-order valence-electron chi connectivity index (χ2n) is 5.11. The highest BCUT2D eigenvalue weighted by atomic mass is 32.1. The Balaban J connectivity index is 1.72. The van der Waals surface area contributed by atoms with Crippen molar-refractivity contribution in [3.05, 3.63) is 40.5 Å². The number of hydrogen-bond donors (Lipinski definition) is 1. The van der Waals surface area contributed by atoms with Crippen LogP contribution < -0.4 is 10.1 Å². The first kappa shape index (κ1) is 14.9. The molecule has 1 aliphatic rings. The van der Waals surface area contributed by atoms with Crippen molar-refractivity contribution < 1.29 is 14.3 Å². The zero-order valence-electron chi connectivity index (χ0n) is 12.4. The van der Waals surface area contributed by atoms with Gasteiger partial charge in [0.25, 0.3) is 5.91 Å². The molecule has 0 aromatic carbocycles. The van der Waals surface area contributed by atoms with Crippen LogP contribution in [0.15, 0.2) is 23.7 Å². The minimum Gasteiger partial charge on any atom is -0.481 e. The van der Waals surface area contributed by atoms with E-state index in [1.54, 1.807) is 24.8 Å². The molecule has 2 aromatic rings. The summed E-state index contributed by atoms with van der Waals surface area (Å²) < 4.78 is 15.0. The van der Waals surface area contributed by atoms with Gasteiger partial charge >= 0.3 is 0 Å². The highest BCUT2D eigenvalue weighted by Crippen LogP contribution is 2.29. The monoisotopic (exact) mass is 319 g/mol. The molecule has 0 radical (unpaired) electrons. The average molecular weight is 319 g/mol. The zero-order valence-corrected chi connectivity index (χ0v) is 13.2. The lowest BCUT2D eigenvalue weighted by molar-refractivity contribution is 0.0820. The number of ether oxygens (including phenoxy) is 2. The number of amides is 1. The molecule has 1 saturated heterocycles. The molecule has 0 unspecified atom stereocenters. The van der Waals surface area contributed by atoms with Gasteiger partial charge in [-0.3, -0.25) is 4.79 Å². The summed E-state index contributed by atoms with van der Waals surface area (Å²) >= 11 is 1.29. The number of methoxy groups -OCH3 is 1. The van der Waals surface area contributed by atoms with E-state index in [1.165, 1.54) is 11.5 Å². The molecule has 1 aliphatic heterocycles. The number of rotatable bonds is 4. The normalized spacial score (nSPS) is 20.8. The van der Waals surface area contributed by atoms with Crippen LogP contribution in [0.3, 0.4) is 0 Å². The third-order valence-corrected chi connectivity index (χ3v) is 4.42. The first-order valence-corrected chi connectivity index (χ1v) is 7.86.